The Balaban J connectivity index is 2.70. The Morgan fingerprint density at radius 1 is 1.85 bits per heavy atom. The van der Waals surface area contributed by atoms with Crippen LogP contribution in [0, 0.1) is 18.3 Å². The van der Waals surface area contributed by atoms with E-state index in [-0.39, 0.29) is 12.3 Å². The molecule has 1 N–H and O–H groups in total. The number of carbonyl (C=O) groups excluding carboxylic acids is 1. The van der Waals surface area contributed by atoms with Crippen molar-refractivity contribution < 1.29 is 4.79 Å². The number of aromatic nitrogens is 2. The molecule has 0 aliphatic heterocycles. The lowest BCUT2D eigenvalue weighted by Crippen LogP contribution is -2.10. The van der Waals surface area contributed by atoms with Gasteiger partial charge in [-0.15, -0.1) is 0 Å². The summed E-state index contributed by atoms with van der Waals surface area (Å²) in [4.78, 5) is 11.0. The predicted octanol–water partition coefficient (Wildman–Crippen LogP) is 0.581. The molecule has 0 aliphatic carbocycles. The number of rotatable bonds is 2. The Hall–Kier alpha value is -1.83. The average Bonchev–Trinajstić information content (AvgIpc) is 2.30. The molecule has 1 aromatic heterocycles. The quantitative estimate of drug-likeness (QED) is 0.720. The lowest BCUT2D eigenvalue weighted by molar-refractivity contribution is -0.115. The lowest BCUT2D eigenvalue weighted by atomic mass is 10.3. The Morgan fingerprint density at radius 3 is 3.00 bits per heavy atom. The van der Waals surface area contributed by atoms with Crippen molar-refractivity contribution in [3.63, 3.8) is 0 Å². The van der Waals surface area contributed by atoms with Crippen LogP contribution in [0.3, 0.4) is 0 Å². The first-order valence-electron chi connectivity index (χ1n) is 3.80. The van der Waals surface area contributed by atoms with Gasteiger partial charge in [0.05, 0.1) is 17.5 Å². The molecule has 0 aliphatic rings. The van der Waals surface area contributed by atoms with Crippen molar-refractivity contribution >= 4 is 11.6 Å². The Bertz CT molecular complexity index is 361. The third-order valence-corrected chi connectivity index (χ3v) is 1.53. The minimum absolute atomic E-state index is 0.131. The van der Waals surface area contributed by atoms with Crippen LogP contribution < -0.4 is 5.32 Å². The summed E-state index contributed by atoms with van der Waals surface area (Å²) in [6.07, 6.45) is 1.57. The maximum atomic E-state index is 11.0. The van der Waals surface area contributed by atoms with Gasteiger partial charge in [0.2, 0.25) is 5.91 Å². The standard InChI is InChI=1S/C8H10N4O/c1-6-7(5-12(2)11-6)10-8(13)3-4-9/h5H,3H2,1-2H3,(H,10,13). The molecule has 1 aromatic rings. The summed E-state index contributed by atoms with van der Waals surface area (Å²) < 4.78 is 1.61. The molecule has 0 aromatic carbocycles. The van der Waals surface area contributed by atoms with E-state index in [0.29, 0.717) is 5.69 Å². The van der Waals surface area contributed by atoms with E-state index in [0.717, 1.165) is 5.69 Å². The number of carbonyl (C=O) groups is 1. The van der Waals surface area contributed by atoms with Gasteiger partial charge in [0.1, 0.15) is 6.42 Å². The number of hydrogen-bond donors (Lipinski definition) is 1. The van der Waals surface area contributed by atoms with Crippen LogP contribution >= 0.6 is 0 Å². The second-order valence-electron chi connectivity index (χ2n) is 2.68. The molecule has 68 valence electrons. The molecule has 1 heterocycles. The van der Waals surface area contributed by atoms with Gasteiger partial charge >= 0.3 is 0 Å². The molecule has 0 atom stereocenters. The average molecular weight is 178 g/mol. The summed E-state index contributed by atoms with van der Waals surface area (Å²) in [6, 6.07) is 1.77. The first-order chi connectivity index (χ1) is 6.13. The van der Waals surface area contributed by atoms with Crippen LogP contribution in [0.2, 0.25) is 0 Å². The molecule has 5 heteroatoms. The number of amides is 1. The van der Waals surface area contributed by atoms with E-state index in [4.69, 9.17) is 5.26 Å². The van der Waals surface area contributed by atoms with Crippen LogP contribution in [0.25, 0.3) is 0 Å². The summed E-state index contributed by atoms with van der Waals surface area (Å²) in [7, 11) is 1.77. The van der Waals surface area contributed by atoms with Gasteiger partial charge in [-0.2, -0.15) is 10.4 Å². The Kier molecular flexibility index (Phi) is 2.65. The molecule has 0 radical (unpaired) electrons. The van der Waals surface area contributed by atoms with E-state index < -0.39 is 0 Å². The molecule has 0 fully saturated rings. The fraction of sp³-hybridized carbons (Fsp3) is 0.375. The van der Waals surface area contributed by atoms with Crippen molar-refractivity contribution in [1.29, 1.82) is 5.26 Å². The summed E-state index contributed by atoms with van der Waals surface area (Å²) in [6.45, 7) is 1.79. The van der Waals surface area contributed by atoms with Crippen molar-refractivity contribution in [2.75, 3.05) is 5.32 Å². The highest BCUT2D eigenvalue weighted by Gasteiger charge is 2.06. The van der Waals surface area contributed by atoms with Crippen LogP contribution in [-0.2, 0) is 11.8 Å². The normalized spacial score (nSPS) is 9.31. The smallest absolute Gasteiger partial charge is 0.238 e. The third-order valence-electron chi connectivity index (χ3n) is 1.53. The number of aryl methyl sites for hydroxylation is 2. The highest BCUT2D eigenvalue weighted by Crippen LogP contribution is 2.11. The predicted molar refractivity (Wildman–Crippen MR) is 46.8 cm³/mol. The first kappa shape index (κ1) is 9.26. The Labute approximate surface area is 76.0 Å². The van der Waals surface area contributed by atoms with E-state index in [1.165, 1.54) is 0 Å². The first-order valence-corrected chi connectivity index (χ1v) is 3.80. The van der Waals surface area contributed by atoms with Crippen molar-refractivity contribution in [3.8, 4) is 6.07 Å². The van der Waals surface area contributed by atoms with Crippen LogP contribution in [-0.4, -0.2) is 15.7 Å². The molecular formula is C8H10N4O. The van der Waals surface area contributed by atoms with Gasteiger partial charge in [-0.1, -0.05) is 0 Å². The fourth-order valence-corrected chi connectivity index (χ4v) is 0.989. The van der Waals surface area contributed by atoms with E-state index in [1.807, 2.05) is 0 Å². The number of anilines is 1. The van der Waals surface area contributed by atoms with Crippen molar-refractivity contribution in [2.24, 2.45) is 7.05 Å². The number of nitrogens with one attached hydrogen (secondary N) is 1. The van der Waals surface area contributed by atoms with Gasteiger partial charge in [0.15, 0.2) is 0 Å². The minimum Gasteiger partial charge on any atom is -0.322 e. The summed E-state index contributed by atoms with van der Waals surface area (Å²) in [5.41, 5.74) is 1.40. The third kappa shape index (κ3) is 2.30. The van der Waals surface area contributed by atoms with E-state index >= 15 is 0 Å². The van der Waals surface area contributed by atoms with E-state index in [2.05, 4.69) is 10.4 Å². The van der Waals surface area contributed by atoms with E-state index in [1.54, 1.807) is 30.9 Å². The second kappa shape index (κ2) is 3.72. The number of nitrogens with zero attached hydrogens (tertiary/aromatic N) is 3. The molecule has 5 nitrogen and oxygen atoms in total. The highest BCUT2D eigenvalue weighted by atomic mass is 16.1. The molecule has 0 bridgehead atoms. The van der Waals surface area contributed by atoms with Crippen LogP contribution in [0.4, 0.5) is 5.69 Å². The molecule has 0 saturated carbocycles. The van der Waals surface area contributed by atoms with Crippen LogP contribution in [0.15, 0.2) is 6.20 Å². The molecule has 0 unspecified atom stereocenters. The number of hydrogen-bond acceptors (Lipinski definition) is 3. The van der Waals surface area contributed by atoms with Gasteiger partial charge in [-0.05, 0) is 6.92 Å². The molecule has 13 heavy (non-hydrogen) atoms. The molecule has 0 saturated heterocycles. The molecular weight excluding hydrogens is 168 g/mol. The molecule has 1 amide bonds. The summed E-state index contributed by atoms with van der Waals surface area (Å²) in [5, 5.41) is 14.9. The summed E-state index contributed by atoms with van der Waals surface area (Å²) in [5.74, 6) is -0.307. The minimum atomic E-state index is -0.307. The zero-order valence-electron chi connectivity index (χ0n) is 7.53. The summed E-state index contributed by atoms with van der Waals surface area (Å²) >= 11 is 0. The van der Waals surface area contributed by atoms with Crippen LogP contribution in [0.5, 0.6) is 0 Å². The lowest BCUT2D eigenvalue weighted by Gasteiger charge is -1.97. The SMILES string of the molecule is Cc1nn(C)cc1NC(=O)CC#N. The topological polar surface area (TPSA) is 70.7 Å². The number of nitriles is 1. The molecule has 0 spiro atoms. The fourth-order valence-electron chi connectivity index (χ4n) is 0.989. The zero-order valence-corrected chi connectivity index (χ0v) is 7.53. The van der Waals surface area contributed by atoms with Crippen molar-refractivity contribution in [1.82, 2.24) is 9.78 Å². The second-order valence-corrected chi connectivity index (χ2v) is 2.68. The highest BCUT2D eigenvalue weighted by molar-refractivity contribution is 5.92. The monoisotopic (exact) mass is 178 g/mol. The zero-order chi connectivity index (χ0) is 9.84. The van der Waals surface area contributed by atoms with Crippen molar-refractivity contribution in [2.45, 2.75) is 13.3 Å². The largest absolute Gasteiger partial charge is 0.322 e. The molecule has 1 rings (SSSR count). The van der Waals surface area contributed by atoms with Crippen molar-refractivity contribution in [3.05, 3.63) is 11.9 Å². The van der Waals surface area contributed by atoms with Gasteiger partial charge in [0, 0.05) is 13.2 Å². The maximum Gasteiger partial charge on any atom is 0.238 e. The van der Waals surface area contributed by atoms with Gasteiger partial charge in [-0.25, -0.2) is 0 Å². The van der Waals surface area contributed by atoms with Gasteiger partial charge in [-0.3, -0.25) is 9.48 Å². The van der Waals surface area contributed by atoms with E-state index in [9.17, 15) is 4.79 Å². The van der Waals surface area contributed by atoms with Crippen LogP contribution in [0.1, 0.15) is 12.1 Å². The van der Waals surface area contributed by atoms with Gasteiger partial charge in [0.25, 0.3) is 0 Å². The maximum absolute atomic E-state index is 11.0. The Morgan fingerprint density at radius 2 is 2.54 bits per heavy atom. The van der Waals surface area contributed by atoms with Gasteiger partial charge < -0.3 is 5.32 Å².